The van der Waals surface area contributed by atoms with Crippen LogP contribution < -0.4 is 0 Å². The Hall–Kier alpha value is -1.66. The topological polar surface area (TPSA) is 65.1 Å². The second kappa shape index (κ2) is 7.94. The van der Waals surface area contributed by atoms with Crippen LogP contribution in [0.25, 0.3) is 0 Å². The third-order valence-electron chi connectivity index (χ3n) is 4.80. The second-order valence-electron chi connectivity index (χ2n) is 6.45. The van der Waals surface area contributed by atoms with Crippen LogP contribution >= 0.6 is 11.6 Å². The highest BCUT2D eigenvalue weighted by molar-refractivity contribution is 6.31. The molecule has 1 N–H and O–H groups in total. The number of aromatic hydroxyl groups is 1. The summed E-state index contributed by atoms with van der Waals surface area (Å²) in [4.78, 5) is 23.2. The van der Waals surface area contributed by atoms with Crippen LogP contribution in [0.1, 0.15) is 37.7 Å². The van der Waals surface area contributed by atoms with Gasteiger partial charge < -0.3 is 10.0 Å². The Morgan fingerprint density at radius 3 is 2.62 bits per heavy atom. The van der Waals surface area contributed by atoms with Crippen molar-refractivity contribution < 1.29 is 14.9 Å². The van der Waals surface area contributed by atoms with E-state index >= 15 is 0 Å². The van der Waals surface area contributed by atoms with Gasteiger partial charge in [0, 0.05) is 28.4 Å². The second-order valence-corrected chi connectivity index (χ2v) is 6.89. The monoisotopic (exact) mass is 354 g/mol. The molecular weight excluding hydrogens is 330 g/mol. The van der Waals surface area contributed by atoms with Crippen LogP contribution in [0.2, 0.25) is 5.02 Å². The number of benzene rings is 1. The first kappa shape index (κ1) is 18.7. The molecule has 1 aliphatic rings. The third-order valence-corrected chi connectivity index (χ3v) is 5.01. The van der Waals surface area contributed by atoms with E-state index in [1.54, 1.807) is 12.3 Å². The van der Waals surface area contributed by atoms with E-state index in [1.807, 2.05) is 0 Å². The third kappa shape index (κ3) is 4.05. The number of hydrogen-bond donors (Lipinski definition) is 1. The SMILES string of the molecule is CO[N+](=O)c1cc(Cl)cc(C=NCC2(N(C)C)CCCCC2)c1O. The molecule has 1 aromatic rings. The van der Waals surface area contributed by atoms with Crippen molar-refractivity contribution in [3.63, 3.8) is 0 Å². The highest BCUT2D eigenvalue weighted by atomic mass is 35.5. The van der Waals surface area contributed by atoms with Crippen molar-refractivity contribution >= 4 is 23.5 Å². The number of aliphatic imine (C=N–C) groups is 1. The van der Waals surface area contributed by atoms with Gasteiger partial charge in [-0.05, 0) is 33.0 Å². The van der Waals surface area contributed by atoms with Gasteiger partial charge in [0.05, 0.1) is 11.5 Å². The fraction of sp³-hybridized carbons (Fsp3) is 0.588. The summed E-state index contributed by atoms with van der Waals surface area (Å²) in [6.45, 7) is 0.645. The van der Waals surface area contributed by atoms with Crippen LogP contribution in [0.15, 0.2) is 17.1 Å². The molecule has 2 rings (SSSR count). The van der Waals surface area contributed by atoms with Crippen LogP contribution in [0, 0.1) is 4.91 Å². The first-order valence-electron chi connectivity index (χ1n) is 8.11. The maximum atomic E-state index is 11.6. The highest BCUT2D eigenvalue weighted by Crippen LogP contribution is 2.34. The normalized spacial score (nSPS) is 17.4. The Morgan fingerprint density at radius 1 is 1.38 bits per heavy atom. The van der Waals surface area contributed by atoms with Gasteiger partial charge in [0.15, 0.2) is 7.11 Å². The zero-order chi connectivity index (χ0) is 17.7. The van der Waals surface area contributed by atoms with E-state index in [4.69, 9.17) is 11.6 Å². The lowest BCUT2D eigenvalue weighted by molar-refractivity contribution is -0.736. The van der Waals surface area contributed by atoms with Crippen molar-refractivity contribution in [3.8, 4) is 5.75 Å². The van der Waals surface area contributed by atoms with E-state index < -0.39 is 0 Å². The van der Waals surface area contributed by atoms with Gasteiger partial charge in [-0.25, -0.2) is 4.84 Å². The minimum Gasteiger partial charge on any atom is -0.502 e. The van der Waals surface area contributed by atoms with Gasteiger partial charge in [-0.3, -0.25) is 4.99 Å². The molecular formula is C17H25ClN3O3+. The number of hydrogen-bond acceptors (Lipinski definition) is 5. The van der Waals surface area contributed by atoms with E-state index in [-0.39, 0.29) is 21.9 Å². The van der Waals surface area contributed by atoms with E-state index in [9.17, 15) is 10.0 Å². The number of likely N-dealkylation sites (N-methyl/N-ethyl adjacent to an activating group) is 1. The average Bonchev–Trinajstić information content (AvgIpc) is 2.57. The number of nitrogens with zero attached hydrogens (tertiary/aromatic N) is 3. The molecule has 0 saturated heterocycles. The molecule has 24 heavy (non-hydrogen) atoms. The molecule has 0 aliphatic heterocycles. The summed E-state index contributed by atoms with van der Waals surface area (Å²) in [5.41, 5.74) is 0.426. The summed E-state index contributed by atoms with van der Waals surface area (Å²) >= 11 is 6.03. The van der Waals surface area contributed by atoms with Crippen molar-refractivity contribution in [1.82, 2.24) is 4.90 Å². The summed E-state index contributed by atoms with van der Waals surface area (Å²) in [5, 5.41) is 10.6. The van der Waals surface area contributed by atoms with Gasteiger partial charge in [-0.2, -0.15) is 0 Å². The molecule has 7 heteroatoms. The molecule has 0 aromatic heterocycles. The van der Waals surface area contributed by atoms with E-state index in [0.29, 0.717) is 17.1 Å². The van der Waals surface area contributed by atoms with Gasteiger partial charge in [-0.1, -0.05) is 30.9 Å². The summed E-state index contributed by atoms with van der Waals surface area (Å²) in [5.74, 6) is -0.192. The van der Waals surface area contributed by atoms with Gasteiger partial charge >= 0.3 is 5.69 Å². The summed E-state index contributed by atoms with van der Waals surface area (Å²) in [6.07, 6.45) is 7.49. The van der Waals surface area contributed by atoms with Crippen LogP contribution in [0.4, 0.5) is 5.69 Å². The Kier molecular flexibility index (Phi) is 6.18. The van der Waals surface area contributed by atoms with Crippen molar-refractivity contribution in [1.29, 1.82) is 0 Å². The predicted octanol–water partition coefficient (Wildman–Crippen LogP) is 3.70. The van der Waals surface area contributed by atoms with Crippen molar-refractivity contribution in [2.24, 2.45) is 4.99 Å². The molecule has 1 saturated carbocycles. The maximum absolute atomic E-state index is 11.6. The van der Waals surface area contributed by atoms with E-state index in [1.165, 1.54) is 32.4 Å². The number of rotatable bonds is 6. The minimum atomic E-state index is -0.192. The Labute approximate surface area is 147 Å². The lowest BCUT2D eigenvalue weighted by Crippen LogP contribution is -2.48. The molecule has 6 nitrogen and oxygen atoms in total. The standard InChI is InChI=1S/C17H24ClN3O3/c1-20(2)17(7-5-4-6-8-17)12-19-11-13-9-14(18)10-15(16(13)22)21(23)24-3/h9-11H,4-8,12H2,1-3H3/p+1. The molecule has 0 amide bonds. The van der Waals surface area contributed by atoms with Crippen LogP contribution in [0.5, 0.6) is 5.75 Å². The van der Waals surface area contributed by atoms with Crippen molar-refractivity contribution in [2.75, 3.05) is 27.7 Å². The van der Waals surface area contributed by atoms with Gasteiger partial charge in [-0.15, -0.1) is 0 Å². The highest BCUT2D eigenvalue weighted by Gasteiger charge is 2.33. The van der Waals surface area contributed by atoms with Crippen LogP contribution in [0.3, 0.4) is 0 Å². The van der Waals surface area contributed by atoms with E-state index in [2.05, 4.69) is 28.8 Å². The van der Waals surface area contributed by atoms with Crippen molar-refractivity contribution in [3.05, 3.63) is 27.6 Å². The lowest BCUT2D eigenvalue weighted by atomic mass is 9.81. The molecule has 1 aliphatic carbocycles. The zero-order valence-corrected chi connectivity index (χ0v) is 15.2. The summed E-state index contributed by atoms with van der Waals surface area (Å²) in [7, 11) is 5.40. The predicted molar refractivity (Wildman–Crippen MR) is 95.4 cm³/mol. The first-order chi connectivity index (χ1) is 11.4. The molecule has 132 valence electrons. The number of phenolic OH excluding ortho intramolecular Hbond substituents is 1. The molecule has 0 unspecified atom stereocenters. The largest absolute Gasteiger partial charge is 0.502 e. The molecule has 0 radical (unpaired) electrons. The molecule has 0 bridgehead atoms. The van der Waals surface area contributed by atoms with Crippen LogP contribution in [-0.4, -0.2) is 54.4 Å². The summed E-state index contributed by atoms with van der Waals surface area (Å²) in [6, 6.07) is 2.93. The fourth-order valence-electron chi connectivity index (χ4n) is 3.21. The molecule has 0 spiro atoms. The van der Waals surface area contributed by atoms with Gasteiger partial charge in [0.1, 0.15) is 0 Å². The smallest absolute Gasteiger partial charge is 0.360 e. The Morgan fingerprint density at radius 2 is 2.04 bits per heavy atom. The number of phenols is 1. The van der Waals surface area contributed by atoms with E-state index in [0.717, 1.165) is 12.8 Å². The van der Waals surface area contributed by atoms with Gasteiger partial charge in [0.2, 0.25) is 5.75 Å². The molecule has 1 aromatic carbocycles. The average molecular weight is 355 g/mol. The number of halogens is 1. The van der Waals surface area contributed by atoms with Crippen LogP contribution in [-0.2, 0) is 4.84 Å². The summed E-state index contributed by atoms with van der Waals surface area (Å²) < 4.78 is 0. The molecule has 0 heterocycles. The minimum absolute atomic E-state index is 0.0357. The fourth-order valence-corrected chi connectivity index (χ4v) is 3.43. The Bertz CT molecular complexity index is 626. The molecule has 1 fully saturated rings. The lowest BCUT2D eigenvalue weighted by Gasteiger charge is -2.41. The zero-order valence-electron chi connectivity index (χ0n) is 14.5. The quantitative estimate of drug-likeness (QED) is 0.625. The Balaban J connectivity index is 2.22. The van der Waals surface area contributed by atoms with Crippen molar-refractivity contribution in [2.45, 2.75) is 37.6 Å². The maximum Gasteiger partial charge on any atom is 0.360 e. The first-order valence-corrected chi connectivity index (χ1v) is 8.48. The molecule has 0 atom stereocenters. The van der Waals surface area contributed by atoms with Gasteiger partial charge in [0.25, 0.3) is 4.92 Å².